The number of carboxylic acid groups (broad SMARTS) is 1. The minimum atomic E-state index is -0.657. The van der Waals surface area contributed by atoms with Gasteiger partial charge in [0.25, 0.3) is 0 Å². The van der Waals surface area contributed by atoms with Crippen LogP contribution in [0.5, 0.6) is 0 Å². The van der Waals surface area contributed by atoms with Gasteiger partial charge in [0.2, 0.25) is 5.91 Å². The molecular formula is C14H24N2O3. The molecule has 0 aromatic heterocycles. The summed E-state index contributed by atoms with van der Waals surface area (Å²) in [7, 11) is 0. The molecule has 0 radical (unpaired) electrons. The van der Waals surface area contributed by atoms with E-state index < -0.39 is 5.97 Å². The van der Waals surface area contributed by atoms with Gasteiger partial charge < -0.3 is 15.3 Å². The molecule has 1 heterocycles. The fourth-order valence-corrected chi connectivity index (χ4v) is 3.08. The summed E-state index contributed by atoms with van der Waals surface area (Å²) in [4.78, 5) is 24.6. The van der Waals surface area contributed by atoms with Crippen molar-refractivity contribution in [3.63, 3.8) is 0 Å². The number of rotatable bonds is 5. The second kappa shape index (κ2) is 6.89. The number of hydrogen-bond donors (Lipinski definition) is 2. The van der Waals surface area contributed by atoms with Crippen molar-refractivity contribution < 1.29 is 14.7 Å². The number of carboxylic acids is 1. The Morgan fingerprint density at radius 2 is 1.74 bits per heavy atom. The predicted molar refractivity (Wildman–Crippen MR) is 71.8 cm³/mol. The van der Waals surface area contributed by atoms with E-state index in [1.54, 1.807) is 0 Å². The SMILES string of the molecule is O=C(O)C1CCC(CNCC(=O)N2CCCC2)CC1. The van der Waals surface area contributed by atoms with Crippen LogP contribution in [0.3, 0.4) is 0 Å². The van der Waals surface area contributed by atoms with Crippen LogP contribution in [-0.2, 0) is 9.59 Å². The van der Waals surface area contributed by atoms with Crippen molar-refractivity contribution in [3.05, 3.63) is 0 Å². The Balaban J connectivity index is 1.59. The molecule has 19 heavy (non-hydrogen) atoms. The molecular weight excluding hydrogens is 244 g/mol. The zero-order chi connectivity index (χ0) is 13.7. The van der Waals surface area contributed by atoms with E-state index in [0.29, 0.717) is 12.5 Å². The maximum absolute atomic E-state index is 11.8. The topological polar surface area (TPSA) is 69.6 Å². The molecule has 108 valence electrons. The third kappa shape index (κ3) is 4.20. The molecule has 2 fully saturated rings. The molecule has 0 bridgehead atoms. The number of nitrogens with zero attached hydrogens (tertiary/aromatic N) is 1. The van der Waals surface area contributed by atoms with Gasteiger partial charge in [-0.1, -0.05) is 0 Å². The number of amides is 1. The van der Waals surface area contributed by atoms with E-state index in [2.05, 4.69) is 5.32 Å². The highest BCUT2D eigenvalue weighted by atomic mass is 16.4. The van der Waals surface area contributed by atoms with Crippen LogP contribution in [-0.4, -0.2) is 48.1 Å². The highest BCUT2D eigenvalue weighted by Crippen LogP contribution is 2.28. The first-order valence-corrected chi connectivity index (χ1v) is 7.38. The second-order valence-electron chi connectivity index (χ2n) is 5.77. The summed E-state index contributed by atoms with van der Waals surface area (Å²) in [6, 6.07) is 0. The quantitative estimate of drug-likeness (QED) is 0.783. The maximum Gasteiger partial charge on any atom is 0.306 e. The van der Waals surface area contributed by atoms with Gasteiger partial charge in [-0.25, -0.2) is 0 Å². The van der Waals surface area contributed by atoms with Crippen LogP contribution in [0.1, 0.15) is 38.5 Å². The van der Waals surface area contributed by atoms with Gasteiger partial charge in [-0.2, -0.15) is 0 Å². The Labute approximate surface area is 114 Å². The summed E-state index contributed by atoms with van der Waals surface area (Å²) in [5.41, 5.74) is 0. The van der Waals surface area contributed by atoms with Crippen LogP contribution in [0.25, 0.3) is 0 Å². The number of carbonyl (C=O) groups excluding carboxylic acids is 1. The molecule has 0 spiro atoms. The van der Waals surface area contributed by atoms with E-state index in [1.807, 2.05) is 4.90 Å². The van der Waals surface area contributed by atoms with E-state index in [9.17, 15) is 9.59 Å². The zero-order valence-electron chi connectivity index (χ0n) is 11.4. The molecule has 0 unspecified atom stereocenters. The van der Waals surface area contributed by atoms with Crippen molar-refractivity contribution in [1.29, 1.82) is 0 Å². The molecule has 2 N–H and O–H groups in total. The van der Waals surface area contributed by atoms with E-state index in [1.165, 1.54) is 0 Å². The van der Waals surface area contributed by atoms with Crippen molar-refractivity contribution in [2.75, 3.05) is 26.2 Å². The monoisotopic (exact) mass is 268 g/mol. The summed E-state index contributed by atoms with van der Waals surface area (Å²) in [6.45, 7) is 3.08. The second-order valence-corrected chi connectivity index (χ2v) is 5.77. The first-order chi connectivity index (χ1) is 9.16. The third-order valence-electron chi connectivity index (χ3n) is 4.36. The van der Waals surface area contributed by atoms with Gasteiger partial charge in [0, 0.05) is 13.1 Å². The van der Waals surface area contributed by atoms with Gasteiger partial charge in [0.15, 0.2) is 0 Å². The molecule has 2 rings (SSSR count). The van der Waals surface area contributed by atoms with Crippen LogP contribution in [0, 0.1) is 11.8 Å². The maximum atomic E-state index is 11.8. The van der Waals surface area contributed by atoms with E-state index in [0.717, 1.165) is 58.2 Å². The van der Waals surface area contributed by atoms with Gasteiger partial charge in [0.1, 0.15) is 0 Å². The van der Waals surface area contributed by atoms with E-state index in [4.69, 9.17) is 5.11 Å². The lowest BCUT2D eigenvalue weighted by Crippen LogP contribution is -2.38. The van der Waals surface area contributed by atoms with Gasteiger partial charge >= 0.3 is 5.97 Å². The standard InChI is InChI=1S/C14H24N2O3/c17-13(16-7-1-2-8-16)10-15-9-11-3-5-12(6-4-11)14(18)19/h11-12,15H,1-10H2,(H,18,19). The summed E-state index contributed by atoms with van der Waals surface area (Å²) < 4.78 is 0. The number of aliphatic carboxylic acids is 1. The minimum Gasteiger partial charge on any atom is -0.481 e. The largest absolute Gasteiger partial charge is 0.481 e. The third-order valence-corrected chi connectivity index (χ3v) is 4.36. The molecule has 1 amide bonds. The summed E-state index contributed by atoms with van der Waals surface area (Å²) >= 11 is 0. The molecule has 1 aliphatic heterocycles. The molecule has 1 saturated carbocycles. The molecule has 5 heteroatoms. The molecule has 1 aliphatic carbocycles. The Hall–Kier alpha value is -1.10. The molecule has 5 nitrogen and oxygen atoms in total. The highest BCUT2D eigenvalue weighted by molar-refractivity contribution is 5.78. The highest BCUT2D eigenvalue weighted by Gasteiger charge is 2.26. The van der Waals surface area contributed by atoms with Gasteiger partial charge in [-0.05, 0) is 51.0 Å². The number of hydrogen-bond acceptors (Lipinski definition) is 3. The van der Waals surface area contributed by atoms with Crippen molar-refractivity contribution in [2.45, 2.75) is 38.5 Å². The Morgan fingerprint density at radius 1 is 1.11 bits per heavy atom. The van der Waals surface area contributed by atoms with Crippen molar-refractivity contribution >= 4 is 11.9 Å². The van der Waals surface area contributed by atoms with Crippen LogP contribution >= 0.6 is 0 Å². The average molecular weight is 268 g/mol. The Morgan fingerprint density at radius 3 is 2.32 bits per heavy atom. The molecule has 0 aromatic rings. The van der Waals surface area contributed by atoms with Crippen LogP contribution < -0.4 is 5.32 Å². The fraction of sp³-hybridized carbons (Fsp3) is 0.857. The Kier molecular flexibility index (Phi) is 5.19. The number of carbonyl (C=O) groups is 2. The molecule has 1 saturated heterocycles. The lowest BCUT2D eigenvalue weighted by Gasteiger charge is -2.26. The average Bonchev–Trinajstić information content (AvgIpc) is 2.93. The lowest BCUT2D eigenvalue weighted by molar-refractivity contribution is -0.143. The first-order valence-electron chi connectivity index (χ1n) is 7.38. The number of nitrogens with one attached hydrogen (secondary N) is 1. The molecule has 0 atom stereocenters. The zero-order valence-corrected chi connectivity index (χ0v) is 11.4. The lowest BCUT2D eigenvalue weighted by atomic mass is 9.82. The number of likely N-dealkylation sites (tertiary alicyclic amines) is 1. The normalized spacial score (nSPS) is 27.5. The van der Waals surface area contributed by atoms with Crippen LogP contribution in [0.15, 0.2) is 0 Å². The summed E-state index contributed by atoms with van der Waals surface area (Å²) in [6.07, 6.45) is 5.74. The Bertz CT molecular complexity index is 319. The van der Waals surface area contributed by atoms with Gasteiger partial charge in [0.05, 0.1) is 12.5 Å². The smallest absolute Gasteiger partial charge is 0.306 e. The summed E-state index contributed by atoms with van der Waals surface area (Å²) in [5, 5.41) is 12.2. The van der Waals surface area contributed by atoms with Gasteiger partial charge in [-0.15, -0.1) is 0 Å². The molecule has 0 aromatic carbocycles. The summed E-state index contributed by atoms with van der Waals surface area (Å²) in [5.74, 6) is -0.0724. The first kappa shape index (κ1) is 14.3. The molecule has 2 aliphatic rings. The van der Waals surface area contributed by atoms with Crippen molar-refractivity contribution in [1.82, 2.24) is 10.2 Å². The fourth-order valence-electron chi connectivity index (χ4n) is 3.08. The predicted octanol–water partition coefficient (Wildman–Crippen LogP) is 1.09. The van der Waals surface area contributed by atoms with E-state index in [-0.39, 0.29) is 11.8 Å². The van der Waals surface area contributed by atoms with Crippen molar-refractivity contribution in [2.24, 2.45) is 11.8 Å². The van der Waals surface area contributed by atoms with Gasteiger partial charge in [-0.3, -0.25) is 9.59 Å². The van der Waals surface area contributed by atoms with Crippen LogP contribution in [0.4, 0.5) is 0 Å². The van der Waals surface area contributed by atoms with E-state index >= 15 is 0 Å². The van der Waals surface area contributed by atoms with Crippen molar-refractivity contribution in [3.8, 4) is 0 Å². The minimum absolute atomic E-state index is 0.150. The van der Waals surface area contributed by atoms with Crippen LogP contribution in [0.2, 0.25) is 0 Å².